The molecule has 0 bridgehead atoms. The number of primary amides is 1. The highest BCUT2D eigenvalue weighted by molar-refractivity contribution is 6.33. The van der Waals surface area contributed by atoms with Crippen molar-refractivity contribution in [1.29, 1.82) is 0 Å². The van der Waals surface area contributed by atoms with Gasteiger partial charge in [0.05, 0.1) is 10.7 Å². The van der Waals surface area contributed by atoms with Crippen molar-refractivity contribution in [2.75, 3.05) is 11.4 Å². The summed E-state index contributed by atoms with van der Waals surface area (Å²) in [5, 5.41) is 0.592. The molecule has 1 aromatic rings. The maximum atomic E-state index is 11.2. The summed E-state index contributed by atoms with van der Waals surface area (Å²) < 4.78 is 0. The molecule has 0 atom stereocenters. The van der Waals surface area contributed by atoms with Crippen LogP contribution in [0.3, 0.4) is 0 Å². The van der Waals surface area contributed by atoms with Crippen molar-refractivity contribution in [2.45, 2.75) is 51.1 Å². The van der Waals surface area contributed by atoms with Crippen LogP contribution in [0.15, 0.2) is 18.2 Å². The van der Waals surface area contributed by atoms with E-state index < -0.39 is 5.91 Å². The lowest BCUT2D eigenvalue weighted by molar-refractivity contribution is 0.100. The normalized spacial score (nSPS) is 22.0. The molecule has 0 saturated heterocycles. The molecule has 5 heteroatoms. The summed E-state index contributed by atoms with van der Waals surface area (Å²) in [6.45, 7) is 3.11. The van der Waals surface area contributed by atoms with Crippen molar-refractivity contribution in [3.8, 4) is 0 Å². The van der Waals surface area contributed by atoms with Crippen LogP contribution in [0.5, 0.6) is 0 Å². The Balaban J connectivity index is 2.23. The molecule has 1 aromatic carbocycles. The molecule has 1 amide bonds. The second kappa shape index (κ2) is 7.14. The summed E-state index contributed by atoms with van der Waals surface area (Å²) in [5.41, 5.74) is 12.7. The van der Waals surface area contributed by atoms with Crippen molar-refractivity contribution in [3.63, 3.8) is 0 Å². The zero-order valence-corrected chi connectivity index (χ0v) is 13.3. The highest BCUT2D eigenvalue weighted by Crippen LogP contribution is 2.32. The Morgan fingerprint density at radius 1 is 1.33 bits per heavy atom. The maximum absolute atomic E-state index is 11.2. The number of halogens is 1. The van der Waals surface area contributed by atoms with Crippen molar-refractivity contribution in [2.24, 2.45) is 11.5 Å². The first kappa shape index (κ1) is 16.1. The van der Waals surface area contributed by atoms with Gasteiger partial charge in [0.25, 0.3) is 0 Å². The van der Waals surface area contributed by atoms with Crippen LogP contribution < -0.4 is 16.4 Å². The number of anilines is 1. The van der Waals surface area contributed by atoms with Crippen LogP contribution in [0.1, 0.15) is 49.4 Å². The minimum atomic E-state index is -0.450. The van der Waals surface area contributed by atoms with Crippen LogP contribution >= 0.6 is 11.6 Å². The summed E-state index contributed by atoms with van der Waals surface area (Å²) >= 11 is 6.38. The minimum Gasteiger partial charge on any atom is -0.367 e. The fraction of sp³-hybridized carbons (Fsp3) is 0.562. The summed E-state index contributed by atoms with van der Waals surface area (Å²) in [6.07, 6.45) is 5.35. The van der Waals surface area contributed by atoms with E-state index in [-0.39, 0.29) is 0 Å². The van der Waals surface area contributed by atoms with Crippen LogP contribution in [0, 0.1) is 0 Å². The van der Waals surface area contributed by atoms with E-state index in [1.54, 1.807) is 12.1 Å². The smallest absolute Gasteiger partial charge is 0.248 e. The standard InChI is InChI=1S/C16H24ClN3O/c1-2-9-20(13-6-4-12(18)5-7-13)15-8-3-11(16(19)21)10-14(15)17/h3,8,10,12-13H,2,4-7,9,18H2,1H3,(H2,19,21). The van der Waals surface area contributed by atoms with E-state index in [4.69, 9.17) is 23.1 Å². The van der Waals surface area contributed by atoms with E-state index >= 15 is 0 Å². The predicted molar refractivity (Wildman–Crippen MR) is 87.8 cm³/mol. The number of nitrogens with zero attached hydrogens (tertiary/aromatic N) is 1. The number of carbonyl (C=O) groups is 1. The van der Waals surface area contributed by atoms with Gasteiger partial charge < -0.3 is 16.4 Å². The van der Waals surface area contributed by atoms with Gasteiger partial charge in [0.1, 0.15) is 0 Å². The molecule has 0 spiro atoms. The first-order valence-electron chi connectivity index (χ1n) is 7.64. The number of hydrogen-bond acceptors (Lipinski definition) is 3. The molecule has 2 rings (SSSR count). The second-order valence-electron chi connectivity index (χ2n) is 5.79. The zero-order valence-electron chi connectivity index (χ0n) is 12.5. The maximum Gasteiger partial charge on any atom is 0.248 e. The number of rotatable bonds is 5. The molecule has 1 aliphatic rings. The Morgan fingerprint density at radius 3 is 2.52 bits per heavy atom. The lowest BCUT2D eigenvalue weighted by Crippen LogP contribution is -2.41. The molecule has 116 valence electrons. The topological polar surface area (TPSA) is 72.3 Å². The highest BCUT2D eigenvalue weighted by Gasteiger charge is 2.25. The fourth-order valence-electron chi connectivity index (χ4n) is 3.05. The molecule has 0 unspecified atom stereocenters. The van der Waals surface area contributed by atoms with Crippen LogP contribution in [-0.4, -0.2) is 24.5 Å². The average molecular weight is 310 g/mol. The van der Waals surface area contributed by atoms with Crippen LogP contribution in [0.2, 0.25) is 5.02 Å². The van der Waals surface area contributed by atoms with Gasteiger partial charge in [-0.05, 0) is 50.3 Å². The van der Waals surface area contributed by atoms with E-state index in [9.17, 15) is 4.79 Å². The van der Waals surface area contributed by atoms with Crippen molar-refractivity contribution in [3.05, 3.63) is 28.8 Å². The molecule has 0 heterocycles. The molecular weight excluding hydrogens is 286 g/mol. The quantitative estimate of drug-likeness (QED) is 0.878. The first-order valence-corrected chi connectivity index (χ1v) is 8.02. The van der Waals surface area contributed by atoms with Crippen molar-refractivity contribution in [1.82, 2.24) is 0 Å². The summed E-state index contributed by atoms with van der Waals surface area (Å²) in [4.78, 5) is 13.6. The molecule has 21 heavy (non-hydrogen) atoms. The Labute approximate surface area is 131 Å². The first-order chi connectivity index (χ1) is 10.0. The van der Waals surface area contributed by atoms with Gasteiger partial charge in [-0.2, -0.15) is 0 Å². The molecule has 0 aliphatic heterocycles. The molecular formula is C16H24ClN3O. The van der Waals surface area contributed by atoms with E-state index in [0.717, 1.165) is 44.3 Å². The average Bonchev–Trinajstić information content (AvgIpc) is 2.46. The van der Waals surface area contributed by atoms with E-state index in [2.05, 4.69) is 11.8 Å². The molecule has 4 nitrogen and oxygen atoms in total. The van der Waals surface area contributed by atoms with Gasteiger partial charge in [0.2, 0.25) is 5.91 Å². The molecule has 1 fully saturated rings. The number of benzene rings is 1. The summed E-state index contributed by atoms with van der Waals surface area (Å²) in [7, 11) is 0. The van der Waals surface area contributed by atoms with Gasteiger partial charge in [0.15, 0.2) is 0 Å². The van der Waals surface area contributed by atoms with E-state index in [1.807, 2.05) is 6.07 Å². The van der Waals surface area contributed by atoms with Crippen LogP contribution in [0.25, 0.3) is 0 Å². The molecule has 1 saturated carbocycles. The molecule has 0 radical (unpaired) electrons. The number of carbonyl (C=O) groups excluding carboxylic acids is 1. The summed E-state index contributed by atoms with van der Waals surface area (Å²) in [5.74, 6) is -0.450. The van der Waals surface area contributed by atoms with Gasteiger partial charge in [0, 0.05) is 24.2 Å². The Kier molecular flexibility index (Phi) is 5.48. The van der Waals surface area contributed by atoms with Crippen LogP contribution in [0.4, 0.5) is 5.69 Å². The fourth-order valence-corrected chi connectivity index (χ4v) is 3.34. The van der Waals surface area contributed by atoms with E-state index in [1.165, 1.54) is 0 Å². The number of nitrogens with two attached hydrogens (primary N) is 2. The lowest BCUT2D eigenvalue weighted by atomic mass is 9.90. The highest BCUT2D eigenvalue weighted by atomic mass is 35.5. The van der Waals surface area contributed by atoms with Crippen molar-refractivity contribution < 1.29 is 4.79 Å². The Hall–Kier alpha value is -1.26. The number of hydrogen-bond donors (Lipinski definition) is 2. The Bertz CT molecular complexity index is 498. The third-order valence-corrected chi connectivity index (χ3v) is 4.49. The SMILES string of the molecule is CCCN(c1ccc(C(N)=O)cc1Cl)C1CCC(N)CC1. The minimum absolute atomic E-state index is 0.331. The van der Waals surface area contributed by atoms with Crippen LogP contribution in [-0.2, 0) is 0 Å². The lowest BCUT2D eigenvalue weighted by Gasteiger charge is -2.38. The molecule has 4 N–H and O–H groups in total. The van der Waals surface area contributed by atoms with Gasteiger partial charge in [-0.25, -0.2) is 0 Å². The van der Waals surface area contributed by atoms with Gasteiger partial charge in [-0.3, -0.25) is 4.79 Å². The van der Waals surface area contributed by atoms with Gasteiger partial charge >= 0.3 is 0 Å². The van der Waals surface area contributed by atoms with Gasteiger partial charge in [-0.15, -0.1) is 0 Å². The van der Waals surface area contributed by atoms with Crippen molar-refractivity contribution >= 4 is 23.2 Å². The largest absolute Gasteiger partial charge is 0.367 e. The Morgan fingerprint density at radius 2 is 2.00 bits per heavy atom. The summed E-state index contributed by atoms with van der Waals surface area (Å²) in [6, 6.07) is 6.13. The third-order valence-electron chi connectivity index (χ3n) is 4.19. The second-order valence-corrected chi connectivity index (χ2v) is 6.20. The number of amides is 1. The zero-order chi connectivity index (χ0) is 15.4. The third kappa shape index (κ3) is 3.89. The predicted octanol–water partition coefficient (Wildman–Crippen LogP) is 2.93. The monoisotopic (exact) mass is 309 g/mol. The molecule has 0 aromatic heterocycles. The van der Waals surface area contributed by atoms with E-state index in [0.29, 0.717) is 22.7 Å². The van der Waals surface area contributed by atoms with Gasteiger partial charge in [-0.1, -0.05) is 18.5 Å². The molecule has 1 aliphatic carbocycles.